The molecule has 0 aliphatic carbocycles. The molecular formula is C25H22N2O5S2. The molecule has 0 unspecified atom stereocenters. The summed E-state index contributed by atoms with van der Waals surface area (Å²) in [7, 11) is 3.05. The molecule has 4 aromatic rings. The number of thiazole rings is 1. The van der Waals surface area contributed by atoms with Crippen LogP contribution in [0.5, 0.6) is 11.5 Å². The van der Waals surface area contributed by atoms with E-state index < -0.39 is 18.5 Å². The van der Waals surface area contributed by atoms with Crippen molar-refractivity contribution < 1.29 is 23.8 Å². The summed E-state index contributed by atoms with van der Waals surface area (Å²) in [6.07, 6.45) is 0.0291. The van der Waals surface area contributed by atoms with E-state index in [9.17, 15) is 9.59 Å². The van der Waals surface area contributed by atoms with Crippen molar-refractivity contribution in [3.63, 3.8) is 0 Å². The number of hydrogen-bond acceptors (Lipinski definition) is 8. The Labute approximate surface area is 205 Å². The lowest BCUT2D eigenvalue weighted by Crippen LogP contribution is -2.21. The maximum absolute atomic E-state index is 12.6. The average molecular weight is 495 g/mol. The van der Waals surface area contributed by atoms with Crippen LogP contribution in [0.1, 0.15) is 4.88 Å². The first-order valence-electron chi connectivity index (χ1n) is 10.3. The lowest BCUT2D eigenvalue weighted by atomic mass is 10.2. The van der Waals surface area contributed by atoms with E-state index in [-0.39, 0.29) is 6.42 Å². The van der Waals surface area contributed by atoms with Gasteiger partial charge in [-0.25, -0.2) is 4.98 Å². The first-order chi connectivity index (χ1) is 16.6. The van der Waals surface area contributed by atoms with Crippen molar-refractivity contribution in [1.82, 2.24) is 4.98 Å². The first-order valence-corrected chi connectivity index (χ1v) is 12.0. The third-order valence-electron chi connectivity index (χ3n) is 4.81. The molecule has 2 heterocycles. The summed E-state index contributed by atoms with van der Waals surface area (Å²) in [4.78, 5) is 31.4. The Hall–Kier alpha value is -3.69. The number of nitrogens with zero attached hydrogens (tertiary/aromatic N) is 1. The van der Waals surface area contributed by atoms with Gasteiger partial charge in [0.05, 0.1) is 31.2 Å². The molecule has 7 nitrogen and oxygen atoms in total. The highest BCUT2D eigenvalue weighted by Crippen LogP contribution is 2.36. The molecule has 1 N–H and O–H groups in total. The van der Waals surface area contributed by atoms with Crippen LogP contribution < -0.4 is 14.8 Å². The van der Waals surface area contributed by atoms with Gasteiger partial charge < -0.3 is 19.5 Å². The molecule has 0 spiro atoms. The van der Waals surface area contributed by atoms with Gasteiger partial charge in [0.2, 0.25) is 0 Å². The van der Waals surface area contributed by atoms with Crippen LogP contribution in [0.2, 0.25) is 0 Å². The number of ether oxygens (including phenoxy) is 3. The monoisotopic (exact) mass is 494 g/mol. The lowest BCUT2D eigenvalue weighted by Gasteiger charge is -2.10. The van der Waals surface area contributed by atoms with Crippen molar-refractivity contribution in [2.24, 2.45) is 0 Å². The molecule has 0 aliphatic rings. The molecule has 174 valence electrons. The summed E-state index contributed by atoms with van der Waals surface area (Å²) in [6.45, 7) is -0.397. The second kappa shape index (κ2) is 11.0. The van der Waals surface area contributed by atoms with Crippen LogP contribution in [0.4, 0.5) is 5.69 Å². The fourth-order valence-corrected chi connectivity index (χ4v) is 5.09. The van der Waals surface area contributed by atoms with Gasteiger partial charge in [0.25, 0.3) is 5.91 Å². The minimum Gasteiger partial charge on any atom is -0.493 e. The van der Waals surface area contributed by atoms with Gasteiger partial charge in [-0.3, -0.25) is 9.59 Å². The summed E-state index contributed by atoms with van der Waals surface area (Å²) in [6, 6.07) is 18.7. The van der Waals surface area contributed by atoms with E-state index >= 15 is 0 Å². The van der Waals surface area contributed by atoms with Gasteiger partial charge in [0, 0.05) is 22.2 Å². The molecule has 0 radical (unpaired) electrons. The minimum atomic E-state index is -0.497. The Morgan fingerprint density at radius 1 is 0.971 bits per heavy atom. The second-order valence-corrected chi connectivity index (χ2v) is 9.12. The maximum atomic E-state index is 12.6. The molecule has 0 bridgehead atoms. The highest BCUT2D eigenvalue weighted by molar-refractivity contribution is 7.17. The Balaban J connectivity index is 1.41. The summed E-state index contributed by atoms with van der Waals surface area (Å²) < 4.78 is 15.7. The number of carbonyl (C=O) groups excluding carboxylic acids is 2. The molecule has 2 aromatic heterocycles. The van der Waals surface area contributed by atoms with E-state index in [4.69, 9.17) is 19.2 Å². The number of carbonyl (C=O) groups is 2. The van der Waals surface area contributed by atoms with Crippen LogP contribution in [0.25, 0.3) is 21.1 Å². The standard InChI is InChI=1S/C25H22N2O5S2/c1-30-18-11-10-17(13-19(18)31-2)26-22(28)15-32-23(29)14-21-24(20-9-6-12-33-20)27-25(34-21)16-7-4-3-5-8-16/h3-13H,14-15H2,1-2H3,(H,26,28). The van der Waals surface area contributed by atoms with Gasteiger partial charge in [0.15, 0.2) is 18.1 Å². The van der Waals surface area contributed by atoms with Crippen molar-refractivity contribution in [1.29, 1.82) is 0 Å². The second-order valence-electron chi connectivity index (χ2n) is 7.09. The van der Waals surface area contributed by atoms with E-state index in [0.29, 0.717) is 17.2 Å². The molecule has 0 saturated carbocycles. The maximum Gasteiger partial charge on any atom is 0.311 e. The fraction of sp³-hybridized carbons (Fsp3) is 0.160. The molecular weight excluding hydrogens is 472 g/mol. The van der Waals surface area contributed by atoms with Gasteiger partial charge in [-0.05, 0) is 23.6 Å². The van der Waals surface area contributed by atoms with Gasteiger partial charge in [-0.1, -0.05) is 36.4 Å². The molecule has 0 aliphatic heterocycles. The zero-order chi connectivity index (χ0) is 23.9. The number of aromatic nitrogens is 1. The topological polar surface area (TPSA) is 86.8 Å². The van der Waals surface area contributed by atoms with Crippen LogP contribution in [0.15, 0.2) is 66.0 Å². The SMILES string of the molecule is COc1ccc(NC(=O)COC(=O)Cc2sc(-c3ccccc3)nc2-c2cccs2)cc1OC. The number of anilines is 1. The third kappa shape index (κ3) is 5.62. The zero-order valence-corrected chi connectivity index (χ0v) is 20.2. The van der Waals surface area contributed by atoms with Crippen LogP contribution in [0.3, 0.4) is 0 Å². The minimum absolute atomic E-state index is 0.0291. The van der Waals surface area contributed by atoms with E-state index in [1.54, 1.807) is 29.5 Å². The third-order valence-corrected chi connectivity index (χ3v) is 6.79. The molecule has 1 amide bonds. The van der Waals surface area contributed by atoms with Crippen LogP contribution >= 0.6 is 22.7 Å². The number of hydrogen-bond donors (Lipinski definition) is 1. The number of thiophene rings is 1. The van der Waals surface area contributed by atoms with Gasteiger partial charge in [-0.15, -0.1) is 22.7 Å². The van der Waals surface area contributed by atoms with Crippen LogP contribution in [0, 0.1) is 0 Å². The molecule has 2 aromatic carbocycles. The summed E-state index contributed by atoms with van der Waals surface area (Å²) in [5, 5.41) is 5.49. The number of esters is 1. The normalized spacial score (nSPS) is 10.5. The van der Waals surface area contributed by atoms with Crippen LogP contribution in [-0.4, -0.2) is 37.7 Å². The van der Waals surface area contributed by atoms with Crippen molar-refractivity contribution in [3.05, 3.63) is 70.9 Å². The smallest absolute Gasteiger partial charge is 0.311 e. The average Bonchev–Trinajstić information content (AvgIpc) is 3.53. The number of methoxy groups -OCH3 is 2. The summed E-state index contributed by atoms with van der Waals surface area (Å²) >= 11 is 3.01. The van der Waals surface area contributed by atoms with Crippen molar-refractivity contribution >= 4 is 40.2 Å². The Bertz CT molecular complexity index is 1270. The first kappa shape index (κ1) is 23.5. The Morgan fingerprint density at radius 2 is 1.76 bits per heavy atom. The van der Waals surface area contributed by atoms with Gasteiger partial charge in [-0.2, -0.15) is 0 Å². The number of nitrogens with one attached hydrogen (secondary N) is 1. The molecule has 0 fully saturated rings. The quantitative estimate of drug-likeness (QED) is 0.319. The Morgan fingerprint density at radius 3 is 2.47 bits per heavy atom. The van der Waals surface area contributed by atoms with E-state index in [0.717, 1.165) is 26.0 Å². The van der Waals surface area contributed by atoms with Crippen molar-refractivity contribution in [3.8, 4) is 32.6 Å². The number of benzene rings is 2. The van der Waals surface area contributed by atoms with Crippen molar-refractivity contribution in [2.45, 2.75) is 6.42 Å². The molecule has 9 heteroatoms. The molecule has 34 heavy (non-hydrogen) atoms. The molecule has 4 rings (SSSR count). The highest BCUT2D eigenvalue weighted by Gasteiger charge is 2.19. The Kier molecular flexibility index (Phi) is 7.56. The highest BCUT2D eigenvalue weighted by atomic mass is 32.1. The lowest BCUT2D eigenvalue weighted by molar-refractivity contribution is -0.146. The fourth-order valence-electron chi connectivity index (χ4n) is 3.22. The largest absolute Gasteiger partial charge is 0.493 e. The predicted molar refractivity (Wildman–Crippen MR) is 134 cm³/mol. The number of amides is 1. The van der Waals surface area contributed by atoms with Gasteiger partial charge >= 0.3 is 5.97 Å². The van der Waals surface area contributed by atoms with E-state index in [1.807, 2.05) is 47.8 Å². The predicted octanol–water partition coefficient (Wildman–Crippen LogP) is 5.28. The summed E-state index contributed by atoms with van der Waals surface area (Å²) in [5.41, 5.74) is 2.26. The molecule has 0 saturated heterocycles. The van der Waals surface area contributed by atoms with E-state index in [1.165, 1.54) is 25.6 Å². The molecule has 0 atom stereocenters. The zero-order valence-electron chi connectivity index (χ0n) is 18.6. The summed E-state index contributed by atoms with van der Waals surface area (Å²) in [5.74, 6) is 0.0857. The number of rotatable bonds is 9. The van der Waals surface area contributed by atoms with Gasteiger partial charge in [0.1, 0.15) is 5.01 Å². The van der Waals surface area contributed by atoms with Crippen LogP contribution in [-0.2, 0) is 20.7 Å². The van der Waals surface area contributed by atoms with E-state index in [2.05, 4.69) is 5.32 Å². The van der Waals surface area contributed by atoms with Crippen molar-refractivity contribution in [2.75, 3.05) is 26.1 Å².